The van der Waals surface area contributed by atoms with Gasteiger partial charge < -0.3 is 4.74 Å². The molecule has 0 fully saturated rings. The lowest BCUT2D eigenvalue weighted by Gasteiger charge is -2.04. The van der Waals surface area contributed by atoms with Crippen LogP contribution in [0.25, 0.3) is 6.08 Å². The molecular weight excluding hydrogens is 196 g/mol. The van der Waals surface area contributed by atoms with Gasteiger partial charge in [-0.1, -0.05) is 18.2 Å². The molecule has 0 N–H and O–H groups in total. The van der Waals surface area contributed by atoms with E-state index in [0.717, 1.165) is 12.2 Å². The fourth-order valence-corrected chi connectivity index (χ4v) is 1.32. The average molecular weight is 211 g/mol. The summed E-state index contributed by atoms with van der Waals surface area (Å²) in [6, 6.07) is 6.05. The Morgan fingerprint density at radius 1 is 1.43 bits per heavy atom. The van der Waals surface area contributed by atoms with E-state index in [1.165, 1.54) is 11.1 Å². The van der Waals surface area contributed by atoms with E-state index in [2.05, 4.69) is 25.1 Å². The second-order valence-electron chi connectivity index (χ2n) is 3.10. The van der Waals surface area contributed by atoms with Gasteiger partial charge in [-0.15, -0.1) is 11.6 Å². The summed E-state index contributed by atoms with van der Waals surface area (Å²) in [6.45, 7) is 2.08. The number of alkyl halides is 1. The molecule has 0 heterocycles. The third kappa shape index (κ3) is 3.08. The molecule has 0 bridgehead atoms. The fraction of sp³-hybridized carbons (Fsp3) is 0.333. The molecule has 1 nitrogen and oxygen atoms in total. The molecule has 0 atom stereocenters. The van der Waals surface area contributed by atoms with Gasteiger partial charge in [0.2, 0.25) is 0 Å². The van der Waals surface area contributed by atoms with E-state index in [-0.39, 0.29) is 0 Å². The first-order chi connectivity index (χ1) is 6.77. The van der Waals surface area contributed by atoms with Crippen molar-refractivity contribution < 1.29 is 4.74 Å². The van der Waals surface area contributed by atoms with E-state index in [1.807, 2.05) is 12.1 Å². The minimum atomic E-state index is 0.666. The number of ether oxygens (including phenoxy) is 1. The van der Waals surface area contributed by atoms with Crippen LogP contribution in [0.3, 0.4) is 0 Å². The summed E-state index contributed by atoms with van der Waals surface area (Å²) >= 11 is 5.59. The van der Waals surface area contributed by atoms with E-state index >= 15 is 0 Å². The molecule has 1 rings (SSSR count). The second kappa shape index (κ2) is 5.71. The van der Waals surface area contributed by atoms with Gasteiger partial charge >= 0.3 is 0 Å². The molecular formula is C12H15ClO. The number of rotatable bonds is 4. The summed E-state index contributed by atoms with van der Waals surface area (Å²) in [4.78, 5) is 0. The number of methoxy groups -OCH3 is 1. The largest absolute Gasteiger partial charge is 0.497 e. The quantitative estimate of drug-likeness (QED) is 0.690. The van der Waals surface area contributed by atoms with Gasteiger partial charge in [0.25, 0.3) is 0 Å². The molecule has 76 valence electrons. The van der Waals surface area contributed by atoms with Crippen molar-refractivity contribution in [1.29, 1.82) is 0 Å². The zero-order valence-corrected chi connectivity index (χ0v) is 9.34. The van der Waals surface area contributed by atoms with Crippen molar-refractivity contribution >= 4 is 17.7 Å². The minimum absolute atomic E-state index is 0.666. The molecule has 0 spiro atoms. The molecule has 1 aromatic carbocycles. The smallest absolute Gasteiger partial charge is 0.119 e. The topological polar surface area (TPSA) is 9.23 Å². The third-order valence-electron chi connectivity index (χ3n) is 2.06. The maximum atomic E-state index is 5.59. The first-order valence-electron chi connectivity index (χ1n) is 4.65. The Labute approximate surface area is 90.3 Å². The predicted molar refractivity (Wildman–Crippen MR) is 62.1 cm³/mol. The maximum absolute atomic E-state index is 5.59. The van der Waals surface area contributed by atoms with E-state index in [0.29, 0.717) is 5.88 Å². The van der Waals surface area contributed by atoms with Gasteiger partial charge in [-0.05, 0) is 36.6 Å². The molecule has 0 aliphatic heterocycles. The van der Waals surface area contributed by atoms with Crippen molar-refractivity contribution in [3.8, 4) is 5.75 Å². The Balaban J connectivity index is 2.83. The predicted octanol–water partition coefficient (Wildman–Crippen LogP) is 3.65. The van der Waals surface area contributed by atoms with Crippen LogP contribution in [0.4, 0.5) is 0 Å². The van der Waals surface area contributed by atoms with E-state index in [4.69, 9.17) is 16.3 Å². The first kappa shape index (κ1) is 11.1. The van der Waals surface area contributed by atoms with Crippen LogP contribution in [0.15, 0.2) is 24.3 Å². The van der Waals surface area contributed by atoms with Crippen LogP contribution in [0.2, 0.25) is 0 Å². The zero-order chi connectivity index (χ0) is 10.4. The van der Waals surface area contributed by atoms with E-state index in [1.54, 1.807) is 7.11 Å². The average Bonchev–Trinajstić information content (AvgIpc) is 2.21. The summed E-state index contributed by atoms with van der Waals surface area (Å²) in [5.41, 5.74) is 2.44. The van der Waals surface area contributed by atoms with Gasteiger partial charge in [-0.25, -0.2) is 0 Å². The van der Waals surface area contributed by atoms with Gasteiger partial charge in [0.05, 0.1) is 7.11 Å². The van der Waals surface area contributed by atoms with Crippen molar-refractivity contribution in [2.24, 2.45) is 0 Å². The number of hydrogen-bond donors (Lipinski definition) is 0. The zero-order valence-electron chi connectivity index (χ0n) is 8.59. The number of benzene rings is 1. The Hall–Kier alpha value is -0.950. The summed E-state index contributed by atoms with van der Waals surface area (Å²) < 4.78 is 5.16. The molecule has 0 aromatic heterocycles. The molecule has 0 aliphatic rings. The Morgan fingerprint density at radius 3 is 2.86 bits per heavy atom. The second-order valence-corrected chi connectivity index (χ2v) is 3.48. The molecule has 0 radical (unpaired) electrons. The third-order valence-corrected chi connectivity index (χ3v) is 2.28. The Kier molecular flexibility index (Phi) is 4.54. The van der Waals surface area contributed by atoms with Gasteiger partial charge in [0.15, 0.2) is 0 Å². The molecule has 14 heavy (non-hydrogen) atoms. The highest BCUT2D eigenvalue weighted by Crippen LogP contribution is 2.18. The first-order valence-corrected chi connectivity index (χ1v) is 5.18. The Morgan fingerprint density at radius 2 is 2.21 bits per heavy atom. The van der Waals surface area contributed by atoms with Crippen molar-refractivity contribution in [3.63, 3.8) is 0 Å². The SMILES string of the molecule is COc1ccc(C)c(C=CCCCl)c1. The van der Waals surface area contributed by atoms with E-state index < -0.39 is 0 Å². The number of halogens is 1. The molecule has 0 saturated heterocycles. The van der Waals surface area contributed by atoms with E-state index in [9.17, 15) is 0 Å². The summed E-state index contributed by atoms with van der Waals surface area (Å²) in [5.74, 6) is 1.56. The number of aryl methyl sites for hydroxylation is 1. The lowest BCUT2D eigenvalue weighted by Crippen LogP contribution is -1.86. The molecule has 0 saturated carbocycles. The van der Waals surface area contributed by atoms with Crippen LogP contribution in [0.1, 0.15) is 17.5 Å². The molecule has 2 heteroatoms. The van der Waals surface area contributed by atoms with Crippen LogP contribution in [-0.2, 0) is 0 Å². The molecule has 0 aliphatic carbocycles. The lowest BCUT2D eigenvalue weighted by molar-refractivity contribution is 0.414. The maximum Gasteiger partial charge on any atom is 0.119 e. The standard InChI is InChI=1S/C12H15ClO/c1-10-6-7-12(14-2)9-11(10)5-3-4-8-13/h3,5-7,9H,4,8H2,1-2H3. The molecule has 0 amide bonds. The number of allylic oxidation sites excluding steroid dienone is 1. The van der Waals surface area contributed by atoms with Crippen molar-refractivity contribution in [1.82, 2.24) is 0 Å². The lowest BCUT2D eigenvalue weighted by atomic mass is 10.1. The monoisotopic (exact) mass is 210 g/mol. The highest BCUT2D eigenvalue weighted by atomic mass is 35.5. The van der Waals surface area contributed by atoms with Crippen molar-refractivity contribution in [2.75, 3.05) is 13.0 Å². The van der Waals surface area contributed by atoms with Crippen molar-refractivity contribution in [3.05, 3.63) is 35.4 Å². The molecule has 1 aromatic rings. The highest BCUT2D eigenvalue weighted by Gasteiger charge is 1.96. The highest BCUT2D eigenvalue weighted by molar-refractivity contribution is 6.17. The van der Waals surface area contributed by atoms with Crippen LogP contribution in [-0.4, -0.2) is 13.0 Å². The van der Waals surface area contributed by atoms with Gasteiger partial charge in [0.1, 0.15) is 5.75 Å². The van der Waals surface area contributed by atoms with Crippen LogP contribution in [0.5, 0.6) is 5.75 Å². The van der Waals surface area contributed by atoms with Gasteiger partial charge in [0, 0.05) is 5.88 Å². The Bertz CT molecular complexity index is 318. The summed E-state index contributed by atoms with van der Waals surface area (Å²) in [5, 5.41) is 0. The van der Waals surface area contributed by atoms with Crippen LogP contribution in [0, 0.1) is 6.92 Å². The fourth-order valence-electron chi connectivity index (χ4n) is 1.20. The summed E-state index contributed by atoms with van der Waals surface area (Å²) in [6.07, 6.45) is 5.06. The normalized spacial score (nSPS) is 10.8. The van der Waals surface area contributed by atoms with Gasteiger partial charge in [-0.3, -0.25) is 0 Å². The van der Waals surface area contributed by atoms with Crippen LogP contribution < -0.4 is 4.74 Å². The minimum Gasteiger partial charge on any atom is -0.497 e. The van der Waals surface area contributed by atoms with Gasteiger partial charge in [-0.2, -0.15) is 0 Å². The molecule has 0 unspecified atom stereocenters. The van der Waals surface area contributed by atoms with Crippen molar-refractivity contribution in [2.45, 2.75) is 13.3 Å². The summed E-state index contributed by atoms with van der Waals surface area (Å²) in [7, 11) is 1.68. The number of hydrogen-bond acceptors (Lipinski definition) is 1. The van der Waals surface area contributed by atoms with Crippen LogP contribution >= 0.6 is 11.6 Å².